The van der Waals surface area contributed by atoms with Crippen LogP contribution in [0.4, 0.5) is 5.69 Å². The third-order valence-electron chi connectivity index (χ3n) is 5.06. The standard InChI is InChI=1S/C22H19ClN2O3/c23-18-8-4-1-5-14(18)12-25-13-15(11-21(25)27)22(28)24-19-9-10-20(26)17-7-3-2-6-16(17)19/h1-10,15,26H,11-13H2,(H,24,28)/t15-/m1/s1. The maximum absolute atomic E-state index is 12.8. The number of phenols is 1. The molecule has 2 N–H and O–H groups in total. The van der Waals surface area contributed by atoms with Gasteiger partial charge in [-0.25, -0.2) is 0 Å². The zero-order chi connectivity index (χ0) is 19.7. The Kier molecular flexibility index (Phi) is 4.92. The summed E-state index contributed by atoms with van der Waals surface area (Å²) in [5.41, 5.74) is 1.48. The highest BCUT2D eigenvalue weighted by Gasteiger charge is 2.34. The number of nitrogens with one attached hydrogen (secondary N) is 1. The van der Waals surface area contributed by atoms with Crippen LogP contribution < -0.4 is 5.32 Å². The Hall–Kier alpha value is -3.05. The molecule has 0 spiro atoms. The number of likely N-dealkylation sites (tertiary alicyclic amines) is 1. The number of halogens is 1. The minimum Gasteiger partial charge on any atom is -0.507 e. The molecule has 5 nitrogen and oxygen atoms in total. The first-order chi connectivity index (χ1) is 13.5. The van der Waals surface area contributed by atoms with Crippen molar-refractivity contribution in [1.29, 1.82) is 0 Å². The lowest BCUT2D eigenvalue weighted by molar-refractivity contribution is -0.128. The molecule has 0 saturated carbocycles. The summed E-state index contributed by atoms with van der Waals surface area (Å²) in [5, 5.41) is 15.0. The van der Waals surface area contributed by atoms with E-state index in [2.05, 4.69) is 5.32 Å². The molecule has 0 aromatic heterocycles. The average molecular weight is 395 g/mol. The van der Waals surface area contributed by atoms with E-state index >= 15 is 0 Å². The van der Waals surface area contributed by atoms with Crippen LogP contribution in [-0.2, 0) is 16.1 Å². The van der Waals surface area contributed by atoms with Gasteiger partial charge in [0.15, 0.2) is 0 Å². The number of benzene rings is 3. The van der Waals surface area contributed by atoms with E-state index in [1.54, 1.807) is 29.2 Å². The summed E-state index contributed by atoms with van der Waals surface area (Å²) in [7, 11) is 0. The van der Waals surface area contributed by atoms with Gasteiger partial charge in [0.2, 0.25) is 11.8 Å². The molecule has 1 atom stereocenters. The van der Waals surface area contributed by atoms with E-state index in [9.17, 15) is 14.7 Å². The van der Waals surface area contributed by atoms with Crippen molar-refractivity contribution in [3.05, 3.63) is 71.2 Å². The minimum absolute atomic E-state index is 0.0596. The van der Waals surface area contributed by atoms with Crippen molar-refractivity contribution in [2.24, 2.45) is 5.92 Å². The fourth-order valence-corrected chi connectivity index (χ4v) is 3.76. The molecule has 0 radical (unpaired) electrons. The van der Waals surface area contributed by atoms with E-state index < -0.39 is 5.92 Å². The van der Waals surface area contributed by atoms with E-state index in [0.717, 1.165) is 10.9 Å². The molecule has 28 heavy (non-hydrogen) atoms. The lowest BCUT2D eigenvalue weighted by Crippen LogP contribution is -2.28. The van der Waals surface area contributed by atoms with Crippen molar-refractivity contribution in [3.8, 4) is 5.75 Å². The van der Waals surface area contributed by atoms with Crippen molar-refractivity contribution in [3.63, 3.8) is 0 Å². The first-order valence-electron chi connectivity index (χ1n) is 9.05. The molecule has 1 heterocycles. The summed E-state index contributed by atoms with van der Waals surface area (Å²) in [5.74, 6) is -0.528. The molecular formula is C22H19ClN2O3. The second-order valence-corrected chi connectivity index (χ2v) is 7.34. The van der Waals surface area contributed by atoms with Gasteiger partial charge in [-0.05, 0) is 23.8 Å². The summed E-state index contributed by atoms with van der Waals surface area (Å²) >= 11 is 6.19. The molecule has 0 bridgehead atoms. The van der Waals surface area contributed by atoms with Crippen LogP contribution >= 0.6 is 11.6 Å². The second-order valence-electron chi connectivity index (χ2n) is 6.93. The van der Waals surface area contributed by atoms with Crippen LogP contribution in [0.1, 0.15) is 12.0 Å². The number of hydrogen-bond acceptors (Lipinski definition) is 3. The monoisotopic (exact) mass is 394 g/mol. The fourth-order valence-electron chi connectivity index (χ4n) is 3.56. The predicted molar refractivity (Wildman–Crippen MR) is 109 cm³/mol. The molecule has 3 aromatic rings. The van der Waals surface area contributed by atoms with Gasteiger partial charge in [0, 0.05) is 41.0 Å². The first kappa shape index (κ1) is 18.3. The van der Waals surface area contributed by atoms with Crippen LogP contribution in [-0.4, -0.2) is 28.4 Å². The lowest BCUT2D eigenvalue weighted by Gasteiger charge is -2.17. The average Bonchev–Trinajstić information content (AvgIpc) is 3.07. The van der Waals surface area contributed by atoms with E-state index in [1.807, 2.05) is 36.4 Å². The number of amides is 2. The van der Waals surface area contributed by atoms with Gasteiger partial charge in [0.05, 0.1) is 5.92 Å². The van der Waals surface area contributed by atoms with Crippen LogP contribution in [0, 0.1) is 5.92 Å². The Morgan fingerprint density at radius 1 is 1.07 bits per heavy atom. The summed E-state index contributed by atoms with van der Waals surface area (Å²) in [4.78, 5) is 26.8. The normalized spacial score (nSPS) is 16.5. The van der Waals surface area contributed by atoms with Gasteiger partial charge in [0.25, 0.3) is 0 Å². The van der Waals surface area contributed by atoms with Crippen molar-refractivity contribution >= 4 is 39.9 Å². The molecule has 1 fully saturated rings. The Morgan fingerprint density at radius 3 is 2.57 bits per heavy atom. The quantitative estimate of drug-likeness (QED) is 0.652. The SMILES string of the molecule is O=C(Nc1ccc(O)c2ccccc12)[C@@H]1CC(=O)N(Cc2ccccc2Cl)C1. The van der Waals surface area contributed by atoms with Gasteiger partial charge in [-0.15, -0.1) is 0 Å². The molecule has 2 amide bonds. The second kappa shape index (κ2) is 7.52. The minimum atomic E-state index is -0.428. The summed E-state index contributed by atoms with van der Waals surface area (Å²) in [6.07, 6.45) is 0.173. The summed E-state index contributed by atoms with van der Waals surface area (Å²) in [6.45, 7) is 0.746. The van der Waals surface area contributed by atoms with Crippen LogP contribution in [0.25, 0.3) is 10.8 Å². The summed E-state index contributed by atoms with van der Waals surface area (Å²) < 4.78 is 0. The van der Waals surface area contributed by atoms with Crippen LogP contribution in [0.3, 0.4) is 0 Å². The fraction of sp³-hybridized carbons (Fsp3) is 0.182. The molecule has 142 valence electrons. The molecule has 6 heteroatoms. The van der Waals surface area contributed by atoms with Crippen molar-refractivity contribution in [2.75, 3.05) is 11.9 Å². The first-order valence-corrected chi connectivity index (χ1v) is 9.43. The van der Waals surface area contributed by atoms with Crippen molar-refractivity contribution in [2.45, 2.75) is 13.0 Å². The Balaban J connectivity index is 1.49. The summed E-state index contributed by atoms with van der Waals surface area (Å²) in [6, 6.07) is 17.9. The molecular weight excluding hydrogens is 376 g/mol. The molecule has 1 aliphatic rings. The number of carbonyl (C=O) groups is 2. The van der Waals surface area contributed by atoms with Crippen LogP contribution in [0.15, 0.2) is 60.7 Å². The zero-order valence-corrected chi connectivity index (χ0v) is 15.8. The van der Waals surface area contributed by atoms with Gasteiger partial charge in [0.1, 0.15) is 5.75 Å². The Morgan fingerprint density at radius 2 is 1.79 bits per heavy atom. The molecule has 3 aromatic carbocycles. The highest BCUT2D eigenvalue weighted by molar-refractivity contribution is 6.31. The number of anilines is 1. The smallest absolute Gasteiger partial charge is 0.229 e. The van der Waals surface area contributed by atoms with Gasteiger partial charge < -0.3 is 15.3 Å². The largest absolute Gasteiger partial charge is 0.507 e. The lowest BCUT2D eigenvalue weighted by atomic mass is 10.1. The van der Waals surface area contributed by atoms with Crippen molar-refractivity contribution in [1.82, 2.24) is 4.90 Å². The van der Waals surface area contributed by atoms with E-state index in [-0.39, 0.29) is 24.0 Å². The van der Waals surface area contributed by atoms with Crippen molar-refractivity contribution < 1.29 is 14.7 Å². The van der Waals surface area contributed by atoms with E-state index in [1.165, 1.54) is 0 Å². The molecule has 1 saturated heterocycles. The number of aromatic hydroxyl groups is 1. The van der Waals surface area contributed by atoms with Gasteiger partial charge in [-0.2, -0.15) is 0 Å². The number of rotatable bonds is 4. The number of phenolic OH excluding ortho intramolecular Hbond substituents is 1. The highest BCUT2D eigenvalue weighted by atomic mass is 35.5. The van der Waals surface area contributed by atoms with Crippen LogP contribution in [0.2, 0.25) is 5.02 Å². The number of nitrogens with zero attached hydrogens (tertiary/aromatic N) is 1. The molecule has 0 unspecified atom stereocenters. The predicted octanol–water partition coefficient (Wildman–Crippen LogP) is 4.19. The number of hydrogen-bond donors (Lipinski definition) is 2. The van der Waals surface area contributed by atoms with Gasteiger partial charge in [-0.3, -0.25) is 9.59 Å². The number of carbonyl (C=O) groups excluding carboxylic acids is 2. The third kappa shape index (κ3) is 3.53. The third-order valence-corrected chi connectivity index (χ3v) is 5.43. The van der Waals surface area contributed by atoms with E-state index in [0.29, 0.717) is 29.2 Å². The molecule has 1 aliphatic heterocycles. The molecule has 0 aliphatic carbocycles. The van der Waals surface area contributed by atoms with E-state index in [4.69, 9.17) is 11.6 Å². The van der Waals surface area contributed by atoms with Gasteiger partial charge in [-0.1, -0.05) is 54.1 Å². The highest BCUT2D eigenvalue weighted by Crippen LogP contribution is 2.31. The number of fused-ring (bicyclic) bond motifs is 1. The van der Waals surface area contributed by atoms with Crippen LogP contribution in [0.5, 0.6) is 5.75 Å². The Bertz CT molecular complexity index is 1070. The maximum atomic E-state index is 12.8. The maximum Gasteiger partial charge on any atom is 0.229 e. The zero-order valence-electron chi connectivity index (χ0n) is 15.1. The van der Waals surface area contributed by atoms with Gasteiger partial charge >= 0.3 is 0 Å². The Labute approximate surface area is 167 Å². The topological polar surface area (TPSA) is 69.6 Å². The molecule has 4 rings (SSSR count).